The summed E-state index contributed by atoms with van der Waals surface area (Å²) in [7, 11) is 1.38. The molecule has 208 valence electrons. The van der Waals surface area contributed by atoms with Crippen molar-refractivity contribution in [3.05, 3.63) is 69.3 Å². The molecule has 0 aliphatic heterocycles. The van der Waals surface area contributed by atoms with Crippen LogP contribution < -0.4 is 20.9 Å². The second-order valence-electron chi connectivity index (χ2n) is 9.02. The number of esters is 1. The molecule has 0 radical (unpaired) electrons. The van der Waals surface area contributed by atoms with Crippen LogP contribution in [-0.2, 0) is 28.7 Å². The van der Waals surface area contributed by atoms with E-state index in [1.807, 2.05) is 0 Å². The standard InChI is InChI=1S/C25H29FN6O7/c1-7-17(33)38-14(3)39-19-18(20(34)27-12-15-8-10-16(26)11-9-15)28-24(32(6)23(19)36)25(4,5)29-21(35)22-31-30-13(2)37-22/h8-11,14H,7,12H2,1-6H3,(H,27,34)(H,29,35). The van der Waals surface area contributed by atoms with Crippen LogP contribution in [0.15, 0.2) is 33.5 Å². The van der Waals surface area contributed by atoms with E-state index in [0.29, 0.717) is 5.56 Å². The topological polar surface area (TPSA) is 168 Å². The van der Waals surface area contributed by atoms with E-state index in [9.17, 15) is 23.6 Å². The minimum atomic E-state index is -1.32. The molecular weight excluding hydrogens is 515 g/mol. The second kappa shape index (κ2) is 11.8. The molecule has 0 aliphatic carbocycles. The summed E-state index contributed by atoms with van der Waals surface area (Å²) in [5.41, 5.74) is -1.92. The van der Waals surface area contributed by atoms with Gasteiger partial charge in [0.2, 0.25) is 17.9 Å². The highest BCUT2D eigenvalue weighted by Gasteiger charge is 2.33. The van der Waals surface area contributed by atoms with Crippen LogP contribution in [-0.4, -0.2) is 43.8 Å². The van der Waals surface area contributed by atoms with Gasteiger partial charge in [-0.1, -0.05) is 19.1 Å². The Labute approximate surface area is 222 Å². The van der Waals surface area contributed by atoms with E-state index in [0.717, 1.165) is 4.57 Å². The van der Waals surface area contributed by atoms with E-state index >= 15 is 0 Å². The Morgan fingerprint density at radius 3 is 2.41 bits per heavy atom. The Kier molecular flexibility index (Phi) is 8.78. The number of rotatable bonds is 10. The predicted molar refractivity (Wildman–Crippen MR) is 133 cm³/mol. The highest BCUT2D eigenvalue weighted by atomic mass is 19.1. The molecule has 1 aromatic carbocycles. The highest BCUT2D eigenvalue weighted by molar-refractivity contribution is 5.95. The molecule has 2 heterocycles. The lowest BCUT2D eigenvalue weighted by molar-refractivity contribution is -0.161. The Bertz CT molecular complexity index is 1430. The molecule has 2 aromatic heterocycles. The zero-order chi connectivity index (χ0) is 28.9. The lowest BCUT2D eigenvalue weighted by Crippen LogP contribution is -2.46. The van der Waals surface area contributed by atoms with E-state index in [1.54, 1.807) is 20.8 Å². The number of ether oxygens (including phenoxy) is 2. The van der Waals surface area contributed by atoms with Gasteiger partial charge in [-0.3, -0.25) is 23.7 Å². The number of nitrogens with one attached hydrogen (secondary N) is 2. The zero-order valence-corrected chi connectivity index (χ0v) is 22.3. The molecule has 0 saturated heterocycles. The minimum Gasteiger partial charge on any atom is -0.447 e. The van der Waals surface area contributed by atoms with E-state index in [4.69, 9.17) is 13.9 Å². The van der Waals surface area contributed by atoms with Crippen LogP contribution in [0.3, 0.4) is 0 Å². The number of amides is 2. The van der Waals surface area contributed by atoms with Crippen molar-refractivity contribution in [3.63, 3.8) is 0 Å². The van der Waals surface area contributed by atoms with Crippen LogP contribution in [0, 0.1) is 12.7 Å². The van der Waals surface area contributed by atoms with Gasteiger partial charge >= 0.3 is 17.8 Å². The molecule has 0 spiro atoms. The molecule has 0 saturated carbocycles. The lowest BCUT2D eigenvalue weighted by Gasteiger charge is -2.28. The summed E-state index contributed by atoms with van der Waals surface area (Å²) in [4.78, 5) is 55.4. The first kappa shape index (κ1) is 28.9. The molecule has 14 heteroatoms. The number of nitrogens with zero attached hydrogens (tertiary/aromatic N) is 4. The molecule has 1 atom stereocenters. The van der Waals surface area contributed by atoms with E-state index in [2.05, 4.69) is 25.8 Å². The Balaban J connectivity index is 2.00. The van der Waals surface area contributed by atoms with Gasteiger partial charge in [0.15, 0.2) is 5.69 Å². The molecule has 3 aromatic rings. The maximum absolute atomic E-state index is 13.4. The molecule has 1 unspecified atom stereocenters. The largest absolute Gasteiger partial charge is 0.447 e. The number of carbonyl (C=O) groups excluding carboxylic acids is 3. The summed E-state index contributed by atoms with van der Waals surface area (Å²) >= 11 is 0. The minimum absolute atomic E-state index is 0.00502. The van der Waals surface area contributed by atoms with Crippen molar-refractivity contribution in [2.75, 3.05) is 0 Å². The van der Waals surface area contributed by atoms with Crippen molar-refractivity contribution in [2.24, 2.45) is 7.05 Å². The van der Waals surface area contributed by atoms with Gasteiger partial charge in [0.1, 0.15) is 11.6 Å². The number of aryl methyl sites for hydroxylation is 1. The van der Waals surface area contributed by atoms with Crippen LogP contribution in [0.1, 0.15) is 72.6 Å². The van der Waals surface area contributed by atoms with Crippen molar-refractivity contribution in [3.8, 4) is 5.75 Å². The van der Waals surface area contributed by atoms with Gasteiger partial charge in [-0.2, -0.15) is 0 Å². The van der Waals surface area contributed by atoms with E-state index in [1.165, 1.54) is 45.2 Å². The van der Waals surface area contributed by atoms with Crippen molar-refractivity contribution < 1.29 is 32.7 Å². The average molecular weight is 545 g/mol. The SMILES string of the molecule is CCC(=O)OC(C)Oc1c(C(=O)NCc2ccc(F)cc2)nc(C(C)(C)NC(=O)c2nnc(C)o2)n(C)c1=O. The Morgan fingerprint density at radius 2 is 1.82 bits per heavy atom. The molecule has 2 amide bonds. The van der Waals surface area contributed by atoms with Crippen molar-refractivity contribution >= 4 is 17.8 Å². The van der Waals surface area contributed by atoms with Crippen molar-refractivity contribution in [1.29, 1.82) is 0 Å². The first-order chi connectivity index (χ1) is 18.3. The number of halogens is 1. The van der Waals surface area contributed by atoms with Crippen molar-refractivity contribution in [2.45, 2.75) is 59.4 Å². The summed E-state index contributed by atoms with van der Waals surface area (Å²) in [5, 5.41) is 12.6. The summed E-state index contributed by atoms with van der Waals surface area (Å²) < 4.78 is 30.2. The molecular formula is C25H29FN6O7. The van der Waals surface area contributed by atoms with Gasteiger partial charge in [0.25, 0.3) is 11.5 Å². The fourth-order valence-electron chi connectivity index (χ4n) is 3.51. The molecule has 13 nitrogen and oxygen atoms in total. The highest BCUT2D eigenvalue weighted by Crippen LogP contribution is 2.22. The van der Waals surface area contributed by atoms with Crippen LogP contribution in [0.25, 0.3) is 0 Å². The summed E-state index contributed by atoms with van der Waals surface area (Å²) in [6.07, 6.45) is -1.14. The fourth-order valence-corrected chi connectivity index (χ4v) is 3.51. The smallest absolute Gasteiger partial charge is 0.309 e. The number of hydrogen-bond acceptors (Lipinski definition) is 10. The van der Waals surface area contributed by atoms with Gasteiger partial charge in [0, 0.05) is 33.9 Å². The Hall–Kier alpha value is -4.62. The molecule has 0 fully saturated rings. The quantitative estimate of drug-likeness (QED) is 0.284. The van der Waals surface area contributed by atoms with Gasteiger partial charge in [-0.25, -0.2) is 9.37 Å². The first-order valence-corrected chi connectivity index (χ1v) is 11.9. The molecule has 0 aliphatic rings. The third-order valence-electron chi connectivity index (χ3n) is 5.41. The summed E-state index contributed by atoms with van der Waals surface area (Å²) in [6.45, 7) is 7.60. The summed E-state index contributed by atoms with van der Waals surface area (Å²) in [5.74, 6) is -3.12. The first-order valence-electron chi connectivity index (χ1n) is 11.9. The van der Waals surface area contributed by atoms with Gasteiger partial charge in [-0.15, -0.1) is 10.2 Å². The van der Waals surface area contributed by atoms with E-state index < -0.39 is 52.4 Å². The van der Waals surface area contributed by atoms with Gasteiger partial charge < -0.3 is 24.5 Å². The maximum atomic E-state index is 13.4. The number of aromatic nitrogens is 4. The third-order valence-corrected chi connectivity index (χ3v) is 5.41. The number of hydrogen-bond donors (Lipinski definition) is 2. The van der Waals surface area contributed by atoms with Crippen LogP contribution in [0.5, 0.6) is 5.75 Å². The Morgan fingerprint density at radius 1 is 1.15 bits per heavy atom. The van der Waals surface area contributed by atoms with Gasteiger partial charge in [-0.05, 0) is 31.5 Å². The van der Waals surface area contributed by atoms with Crippen molar-refractivity contribution in [1.82, 2.24) is 30.4 Å². The van der Waals surface area contributed by atoms with E-state index in [-0.39, 0.29) is 30.6 Å². The van der Waals surface area contributed by atoms with Crippen LogP contribution in [0.4, 0.5) is 4.39 Å². The number of carbonyl (C=O) groups is 3. The normalized spacial score (nSPS) is 12.0. The average Bonchev–Trinajstić information content (AvgIpc) is 3.32. The molecule has 0 bridgehead atoms. The lowest BCUT2D eigenvalue weighted by atomic mass is 10.0. The van der Waals surface area contributed by atoms with Crippen LogP contribution >= 0.6 is 0 Å². The van der Waals surface area contributed by atoms with Crippen LogP contribution in [0.2, 0.25) is 0 Å². The summed E-state index contributed by atoms with van der Waals surface area (Å²) in [6, 6.07) is 5.45. The number of benzene rings is 1. The fraction of sp³-hybridized carbons (Fsp3) is 0.400. The zero-order valence-electron chi connectivity index (χ0n) is 22.3. The second-order valence-corrected chi connectivity index (χ2v) is 9.02. The van der Waals surface area contributed by atoms with Gasteiger partial charge in [0.05, 0.1) is 5.54 Å². The maximum Gasteiger partial charge on any atom is 0.309 e. The molecule has 3 rings (SSSR count). The third kappa shape index (κ3) is 7.03. The molecule has 2 N–H and O–H groups in total. The predicted octanol–water partition coefficient (Wildman–Crippen LogP) is 1.88. The molecule has 39 heavy (non-hydrogen) atoms. The monoisotopic (exact) mass is 544 g/mol.